The number of hydrogen-bond donors (Lipinski definition) is 1. The van der Waals surface area contributed by atoms with E-state index < -0.39 is 0 Å². The standard InChI is InChI=1S/C15H27N3O/c19-15-17(13-6-3-1-2-4-7-13)10-11-18(15)14-8-5-9-16-12-14/h13-14,16H,1-12H2. The summed E-state index contributed by atoms with van der Waals surface area (Å²) >= 11 is 0. The lowest BCUT2D eigenvalue weighted by Crippen LogP contribution is -2.48. The van der Waals surface area contributed by atoms with E-state index in [9.17, 15) is 4.79 Å². The van der Waals surface area contributed by atoms with E-state index in [0.717, 1.165) is 26.2 Å². The molecule has 2 saturated heterocycles. The SMILES string of the molecule is O=C1N(C2CCCCCC2)CCN1C1CCCNC1. The summed E-state index contributed by atoms with van der Waals surface area (Å²) in [5, 5.41) is 3.42. The topological polar surface area (TPSA) is 35.6 Å². The van der Waals surface area contributed by atoms with E-state index in [4.69, 9.17) is 0 Å². The zero-order chi connectivity index (χ0) is 13.1. The lowest BCUT2D eigenvalue weighted by molar-refractivity contribution is 0.153. The number of nitrogens with one attached hydrogen (secondary N) is 1. The van der Waals surface area contributed by atoms with Crippen molar-refractivity contribution in [3.8, 4) is 0 Å². The first kappa shape index (κ1) is 13.2. The van der Waals surface area contributed by atoms with Gasteiger partial charge < -0.3 is 15.1 Å². The number of piperidine rings is 1. The van der Waals surface area contributed by atoms with Crippen molar-refractivity contribution in [2.24, 2.45) is 0 Å². The maximum Gasteiger partial charge on any atom is 0.320 e. The molecule has 4 heteroatoms. The summed E-state index contributed by atoms with van der Waals surface area (Å²) in [4.78, 5) is 17.0. The van der Waals surface area contributed by atoms with Crippen LogP contribution in [-0.2, 0) is 0 Å². The Morgan fingerprint density at radius 2 is 1.47 bits per heavy atom. The molecule has 0 spiro atoms. The predicted molar refractivity (Wildman–Crippen MR) is 76.2 cm³/mol. The van der Waals surface area contributed by atoms with Gasteiger partial charge in [-0.3, -0.25) is 0 Å². The first-order chi connectivity index (χ1) is 9.36. The molecule has 4 nitrogen and oxygen atoms in total. The van der Waals surface area contributed by atoms with Gasteiger partial charge in [0.05, 0.1) is 0 Å². The molecule has 1 saturated carbocycles. The number of hydrogen-bond acceptors (Lipinski definition) is 2. The maximum absolute atomic E-state index is 12.6. The third kappa shape index (κ3) is 2.88. The minimum absolute atomic E-state index is 0.320. The quantitative estimate of drug-likeness (QED) is 0.777. The molecule has 3 aliphatic rings. The lowest BCUT2D eigenvalue weighted by Gasteiger charge is -2.33. The van der Waals surface area contributed by atoms with Crippen molar-refractivity contribution in [3.63, 3.8) is 0 Å². The highest BCUT2D eigenvalue weighted by molar-refractivity contribution is 5.77. The summed E-state index contributed by atoms with van der Waals surface area (Å²) in [5.41, 5.74) is 0. The summed E-state index contributed by atoms with van der Waals surface area (Å²) in [6, 6.07) is 1.29. The predicted octanol–water partition coefficient (Wildman–Crippen LogP) is 2.20. The zero-order valence-corrected chi connectivity index (χ0v) is 11.9. The van der Waals surface area contributed by atoms with Gasteiger partial charge in [-0.2, -0.15) is 0 Å². The van der Waals surface area contributed by atoms with E-state index in [2.05, 4.69) is 15.1 Å². The largest absolute Gasteiger partial charge is 0.320 e. The molecule has 1 N–H and O–H groups in total. The van der Waals surface area contributed by atoms with E-state index in [-0.39, 0.29) is 0 Å². The highest BCUT2D eigenvalue weighted by Crippen LogP contribution is 2.26. The zero-order valence-electron chi connectivity index (χ0n) is 11.9. The maximum atomic E-state index is 12.6. The fraction of sp³-hybridized carbons (Fsp3) is 0.933. The average Bonchev–Trinajstić information content (AvgIpc) is 2.67. The summed E-state index contributed by atoms with van der Waals surface area (Å²) in [6.45, 7) is 4.01. The first-order valence-electron chi connectivity index (χ1n) is 8.14. The number of nitrogens with zero attached hydrogens (tertiary/aromatic N) is 2. The van der Waals surface area contributed by atoms with Gasteiger partial charge >= 0.3 is 6.03 Å². The summed E-state index contributed by atoms with van der Waals surface area (Å²) in [7, 11) is 0. The molecule has 2 heterocycles. The minimum Gasteiger partial charge on any atom is -0.320 e. The molecule has 0 radical (unpaired) electrons. The summed E-state index contributed by atoms with van der Waals surface area (Å²) in [5.74, 6) is 0. The third-order valence-electron chi connectivity index (χ3n) is 5.05. The molecule has 108 valence electrons. The van der Waals surface area contributed by atoms with Crippen LogP contribution in [0.25, 0.3) is 0 Å². The number of urea groups is 1. The van der Waals surface area contributed by atoms with Gasteiger partial charge in [0.1, 0.15) is 0 Å². The van der Waals surface area contributed by atoms with Crippen molar-refractivity contribution < 1.29 is 4.79 Å². The van der Waals surface area contributed by atoms with Crippen LogP contribution in [0.1, 0.15) is 51.4 Å². The third-order valence-corrected chi connectivity index (χ3v) is 5.05. The first-order valence-corrected chi connectivity index (χ1v) is 8.14. The molecule has 3 rings (SSSR count). The molecular formula is C15H27N3O. The highest BCUT2D eigenvalue weighted by atomic mass is 16.2. The van der Waals surface area contributed by atoms with Gasteiger partial charge in [-0.05, 0) is 32.2 Å². The molecule has 19 heavy (non-hydrogen) atoms. The van der Waals surface area contributed by atoms with Crippen LogP contribution in [0.2, 0.25) is 0 Å². The molecule has 0 aromatic heterocycles. The average molecular weight is 265 g/mol. The highest BCUT2D eigenvalue weighted by Gasteiger charge is 2.37. The van der Waals surface area contributed by atoms with Crippen LogP contribution < -0.4 is 5.32 Å². The number of rotatable bonds is 2. The van der Waals surface area contributed by atoms with Crippen molar-refractivity contribution in [1.82, 2.24) is 15.1 Å². The monoisotopic (exact) mass is 265 g/mol. The van der Waals surface area contributed by atoms with Gasteiger partial charge in [-0.1, -0.05) is 25.7 Å². The van der Waals surface area contributed by atoms with Crippen molar-refractivity contribution in [2.45, 2.75) is 63.5 Å². The van der Waals surface area contributed by atoms with E-state index >= 15 is 0 Å². The molecule has 1 atom stereocenters. The van der Waals surface area contributed by atoms with E-state index in [0.29, 0.717) is 18.1 Å². The second kappa shape index (κ2) is 6.12. The molecule has 0 aromatic rings. The fourth-order valence-corrected chi connectivity index (χ4v) is 3.92. The fourth-order valence-electron chi connectivity index (χ4n) is 3.92. The van der Waals surface area contributed by atoms with Crippen LogP contribution in [0.15, 0.2) is 0 Å². The van der Waals surface area contributed by atoms with Gasteiger partial charge in [0.2, 0.25) is 0 Å². The molecule has 0 aromatic carbocycles. The van der Waals surface area contributed by atoms with E-state index in [1.807, 2.05) is 0 Å². The van der Waals surface area contributed by atoms with Crippen molar-refractivity contribution in [3.05, 3.63) is 0 Å². The van der Waals surface area contributed by atoms with Crippen LogP contribution in [0, 0.1) is 0 Å². The Morgan fingerprint density at radius 1 is 0.842 bits per heavy atom. The van der Waals surface area contributed by atoms with Crippen molar-refractivity contribution in [1.29, 1.82) is 0 Å². The lowest BCUT2D eigenvalue weighted by atomic mass is 10.1. The second-order valence-electron chi connectivity index (χ2n) is 6.31. The molecule has 0 bridgehead atoms. The molecule has 1 aliphatic carbocycles. The Morgan fingerprint density at radius 3 is 2.11 bits per heavy atom. The van der Waals surface area contributed by atoms with Crippen LogP contribution in [0.5, 0.6) is 0 Å². The van der Waals surface area contributed by atoms with Gasteiger partial charge in [0.25, 0.3) is 0 Å². The summed E-state index contributed by atoms with van der Waals surface area (Å²) < 4.78 is 0. The Hall–Kier alpha value is -0.770. The Kier molecular flexibility index (Phi) is 4.26. The molecular weight excluding hydrogens is 238 g/mol. The second-order valence-corrected chi connectivity index (χ2v) is 6.31. The van der Waals surface area contributed by atoms with E-state index in [1.165, 1.54) is 51.4 Å². The Labute approximate surface area is 116 Å². The van der Waals surface area contributed by atoms with Crippen LogP contribution >= 0.6 is 0 Å². The summed E-state index contributed by atoms with van der Waals surface area (Å²) in [6.07, 6.45) is 10.2. The van der Waals surface area contributed by atoms with Gasteiger partial charge in [-0.15, -0.1) is 0 Å². The normalized spacial score (nSPS) is 30.7. The molecule has 1 unspecified atom stereocenters. The van der Waals surface area contributed by atoms with Crippen molar-refractivity contribution >= 4 is 6.03 Å². The van der Waals surface area contributed by atoms with Crippen LogP contribution in [0.3, 0.4) is 0 Å². The Balaban J connectivity index is 1.60. The number of amides is 2. The van der Waals surface area contributed by atoms with Crippen molar-refractivity contribution in [2.75, 3.05) is 26.2 Å². The number of carbonyl (C=O) groups is 1. The van der Waals surface area contributed by atoms with Crippen LogP contribution in [0.4, 0.5) is 4.79 Å². The molecule has 2 aliphatic heterocycles. The van der Waals surface area contributed by atoms with Gasteiger partial charge in [-0.25, -0.2) is 4.79 Å². The van der Waals surface area contributed by atoms with Gasteiger partial charge in [0, 0.05) is 31.7 Å². The van der Waals surface area contributed by atoms with Gasteiger partial charge in [0.15, 0.2) is 0 Å². The van der Waals surface area contributed by atoms with Crippen LogP contribution in [-0.4, -0.2) is 54.1 Å². The minimum atomic E-state index is 0.320. The molecule has 3 fully saturated rings. The number of carbonyl (C=O) groups excluding carboxylic acids is 1. The smallest absolute Gasteiger partial charge is 0.320 e. The van der Waals surface area contributed by atoms with E-state index in [1.54, 1.807) is 0 Å². The Bertz CT molecular complexity index is 307. The molecule has 2 amide bonds.